The Bertz CT molecular complexity index is 609. The topological polar surface area (TPSA) is 77.2 Å². The molecule has 5 heteroatoms. The van der Waals surface area contributed by atoms with E-state index in [0.29, 0.717) is 11.5 Å². The molecule has 0 atom stereocenters. The molecular formula is C15H17N3O2. The molecule has 0 spiro atoms. The van der Waals surface area contributed by atoms with Gasteiger partial charge >= 0.3 is 5.97 Å². The van der Waals surface area contributed by atoms with E-state index in [4.69, 9.17) is 5.73 Å². The predicted octanol–water partition coefficient (Wildman–Crippen LogP) is 2.76. The molecule has 0 saturated carbocycles. The molecule has 3 N–H and O–H groups in total. The highest BCUT2D eigenvalue weighted by molar-refractivity contribution is 5.88. The van der Waals surface area contributed by atoms with E-state index in [2.05, 4.69) is 22.0 Å². The number of methoxy groups -OCH3 is 1. The van der Waals surface area contributed by atoms with Crippen molar-refractivity contribution in [1.82, 2.24) is 4.98 Å². The SMILES string of the molecule is CCc1ccc(Nc2nc(C(=O)OC)ccc2N)cc1. The lowest BCUT2D eigenvalue weighted by molar-refractivity contribution is 0.0594. The van der Waals surface area contributed by atoms with Gasteiger partial charge in [0.2, 0.25) is 0 Å². The molecule has 0 saturated heterocycles. The number of pyridine rings is 1. The Balaban J connectivity index is 2.25. The first kappa shape index (κ1) is 13.9. The van der Waals surface area contributed by atoms with Crippen LogP contribution < -0.4 is 11.1 Å². The van der Waals surface area contributed by atoms with Crippen LogP contribution in [0.2, 0.25) is 0 Å². The molecule has 0 aliphatic heterocycles. The lowest BCUT2D eigenvalue weighted by Gasteiger charge is -2.10. The van der Waals surface area contributed by atoms with Gasteiger partial charge in [-0.05, 0) is 36.2 Å². The first-order chi connectivity index (χ1) is 9.63. The van der Waals surface area contributed by atoms with Gasteiger partial charge in [0.05, 0.1) is 12.8 Å². The highest BCUT2D eigenvalue weighted by Gasteiger charge is 2.10. The first-order valence-electron chi connectivity index (χ1n) is 6.35. The van der Waals surface area contributed by atoms with Crippen molar-refractivity contribution in [1.29, 1.82) is 0 Å². The molecule has 1 heterocycles. The summed E-state index contributed by atoms with van der Waals surface area (Å²) in [5.41, 5.74) is 8.66. The van der Waals surface area contributed by atoms with Crippen molar-refractivity contribution >= 4 is 23.2 Å². The number of nitrogens with two attached hydrogens (primary N) is 1. The van der Waals surface area contributed by atoms with Gasteiger partial charge in [-0.15, -0.1) is 0 Å². The van der Waals surface area contributed by atoms with Crippen molar-refractivity contribution < 1.29 is 9.53 Å². The lowest BCUT2D eigenvalue weighted by Crippen LogP contribution is -2.07. The molecule has 1 aromatic heterocycles. The summed E-state index contributed by atoms with van der Waals surface area (Å²) in [5.74, 6) is -0.0495. The summed E-state index contributed by atoms with van der Waals surface area (Å²) in [4.78, 5) is 15.6. The van der Waals surface area contributed by atoms with E-state index in [1.165, 1.54) is 18.7 Å². The van der Waals surface area contributed by atoms with Crippen molar-refractivity contribution in [3.63, 3.8) is 0 Å². The molecule has 0 aliphatic rings. The van der Waals surface area contributed by atoms with Gasteiger partial charge < -0.3 is 15.8 Å². The van der Waals surface area contributed by atoms with Gasteiger partial charge in [0.15, 0.2) is 11.5 Å². The minimum absolute atomic E-state index is 0.217. The van der Waals surface area contributed by atoms with Gasteiger partial charge in [-0.1, -0.05) is 19.1 Å². The molecule has 0 bridgehead atoms. The summed E-state index contributed by atoms with van der Waals surface area (Å²) in [6, 6.07) is 11.1. The van der Waals surface area contributed by atoms with Gasteiger partial charge in [0, 0.05) is 5.69 Å². The number of esters is 1. The van der Waals surface area contributed by atoms with E-state index < -0.39 is 5.97 Å². The van der Waals surface area contributed by atoms with E-state index in [-0.39, 0.29) is 5.69 Å². The van der Waals surface area contributed by atoms with Crippen LogP contribution in [0.5, 0.6) is 0 Å². The van der Waals surface area contributed by atoms with Crippen LogP contribution in [0.15, 0.2) is 36.4 Å². The fraction of sp³-hybridized carbons (Fsp3) is 0.200. The smallest absolute Gasteiger partial charge is 0.356 e. The number of anilines is 3. The van der Waals surface area contributed by atoms with Crippen LogP contribution in [0.1, 0.15) is 23.0 Å². The number of benzene rings is 1. The average Bonchev–Trinajstić information content (AvgIpc) is 2.49. The summed E-state index contributed by atoms with van der Waals surface area (Å²) in [7, 11) is 1.32. The molecule has 0 unspecified atom stereocenters. The molecule has 2 aromatic rings. The number of hydrogen-bond donors (Lipinski definition) is 2. The highest BCUT2D eigenvalue weighted by Crippen LogP contribution is 2.21. The summed E-state index contributed by atoms with van der Waals surface area (Å²) >= 11 is 0. The monoisotopic (exact) mass is 271 g/mol. The van der Waals surface area contributed by atoms with Crippen LogP contribution in [0, 0.1) is 0 Å². The number of rotatable bonds is 4. The zero-order chi connectivity index (χ0) is 14.5. The standard InChI is InChI=1S/C15H17N3O2/c1-3-10-4-6-11(7-5-10)17-14-12(16)8-9-13(18-14)15(19)20-2/h4-9H,3,16H2,1-2H3,(H,17,18). The van der Waals surface area contributed by atoms with E-state index >= 15 is 0 Å². The number of hydrogen-bond acceptors (Lipinski definition) is 5. The summed E-state index contributed by atoms with van der Waals surface area (Å²) < 4.78 is 4.64. The molecule has 0 fully saturated rings. The molecule has 0 radical (unpaired) electrons. The third-order valence-electron chi connectivity index (χ3n) is 2.95. The Hall–Kier alpha value is -2.56. The minimum atomic E-state index is -0.491. The molecular weight excluding hydrogens is 254 g/mol. The van der Waals surface area contributed by atoms with Crippen LogP contribution in [0.3, 0.4) is 0 Å². The number of nitrogens with zero attached hydrogens (tertiary/aromatic N) is 1. The number of ether oxygens (including phenoxy) is 1. The number of carbonyl (C=O) groups is 1. The largest absolute Gasteiger partial charge is 0.464 e. The van der Waals surface area contributed by atoms with Crippen LogP contribution in [0.4, 0.5) is 17.2 Å². The molecule has 1 aromatic carbocycles. The van der Waals surface area contributed by atoms with Crippen molar-refractivity contribution in [2.24, 2.45) is 0 Å². The molecule has 2 rings (SSSR count). The molecule has 5 nitrogen and oxygen atoms in total. The van der Waals surface area contributed by atoms with E-state index in [0.717, 1.165) is 12.1 Å². The van der Waals surface area contributed by atoms with E-state index in [1.54, 1.807) is 6.07 Å². The number of aromatic nitrogens is 1. The Morgan fingerprint density at radius 1 is 1.25 bits per heavy atom. The molecule has 0 amide bonds. The van der Waals surface area contributed by atoms with Gasteiger partial charge in [-0.3, -0.25) is 0 Å². The van der Waals surface area contributed by atoms with Gasteiger partial charge in [-0.25, -0.2) is 9.78 Å². The Kier molecular flexibility index (Phi) is 4.20. The number of carbonyl (C=O) groups excluding carboxylic acids is 1. The third kappa shape index (κ3) is 3.06. The van der Waals surface area contributed by atoms with Crippen molar-refractivity contribution in [2.45, 2.75) is 13.3 Å². The van der Waals surface area contributed by atoms with Gasteiger partial charge in [-0.2, -0.15) is 0 Å². The quantitative estimate of drug-likeness (QED) is 0.836. The first-order valence-corrected chi connectivity index (χ1v) is 6.35. The van der Waals surface area contributed by atoms with Crippen LogP contribution in [-0.4, -0.2) is 18.1 Å². The van der Waals surface area contributed by atoms with Crippen LogP contribution in [0.25, 0.3) is 0 Å². The maximum atomic E-state index is 11.5. The summed E-state index contributed by atoms with van der Waals surface area (Å²) in [5, 5.41) is 3.10. The molecule has 0 aliphatic carbocycles. The highest BCUT2D eigenvalue weighted by atomic mass is 16.5. The van der Waals surface area contributed by atoms with E-state index in [9.17, 15) is 4.79 Å². The predicted molar refractivity (Wildman–Crippen MR) is 79.1 cm³/mol. The second-order valence-corrected chi connectivity index (χ2v) is 4.30. The Labute approximate surface area is 117 Å². The normalized spacial score (nSPS) is 10.1. The Morgan fingerprint density at radius 2 is 1.95 bits per heavy atom. The molecule has 20 heavy (non-hydrogen) atoms. The second-order valence-electron chi connectivity index (χ2n) is 4.30. The van der Waals surface area contributed by atoms with Gasteiger partial charge in [0.1, 0.15) is 0 Å². The summed E-state index contributed by atoms with van der Waals surface area (Å²) in [6.07, 6.45) is 0.985. The average molecular weight is 271 g/mol. The second kappa shape index (κ2) is 6.06. The van der Waals surface area contributed by atoms with Crippen LogP contribution >= 0.6 is 0 Å². The fourth-order valence-corrected chi connectivity index (χ4v) is 1.75. The summed E-state index contributed by atoms with van der Waals surface area (Å²) in [6.45, 7) is 2.10. The molecule has 104 valence electrons. The lowest BCUT2D eigenvalue weighted by atomic mass is 10.1. The maximum Gasteiger partial charge on any atom is 0.356 e. The fourth-order valence-electron chi connectivity index (χ4n) is 1.75. The van der Waals surface area contributed by atoms with Crippen LogP contribution in [-0.2, 0) is 11.2 Å². The van der Waals surface area contributed by atoms with Crippen molar-refractivity contribution in [2.75, 3.05) is 18.2 Å². The minimum Gasteiger partial charge on any atom is -0.464 e. The number of aryl methyl sites for hydroxylation is 1. The number of nitrogen functional groups attached to an aromatic ring is 1. The van der Waals surface area contributed by atoms with Crippen molar-refractivity contribution in [3.05, 3.63) is 47.7 Å². The van der Waals surface area contributed by atoms with Gasteiger partial charge in [0.25, 0.3) is 0 Å². The third-order valence-corrected chi connectivity index (χ3v) is 2.95. The van der Waals surface area contributed by atoms with E-state index in [1.807, 2.05) is 24.3 Å². The zero-order valence-electron chi connectivity index (χ0n) is 11.5. The number of nitrogens with one attached hydrogen (secondary N) is 1. The van der Waals surface area contributed by atoms with Crippen molar-refractivity contribution in [3.8, 4) is 0 Å². The zero-order valence-corrected chi connectivity index (χ0v) is 11.5. The maximum absolute atomic E-state index is 11.5. The Morgan fingerprint density at radius 3 is 2.55 bits per heavy atom.